The molecule has 2 N–H and O–H groups in total. The Morgan fingerprint density at radius 2 is 1.11 bits per heavy atom. The van der Waals surface area contributed by atoms with E-state index >= 15 is 0 Å². The van der Waals surface area contributed by atoms with Gasteiger partial charge in [0.15, 0.2) is 10.2 Å². The fraction of sp³-hybridized carbons (Fsp3) is 0.385. The lowest BCUT2D eigenvalue weighted by atomic mass is 10.00. The summed E-state index contributed by atoms with van der Waals surface area (Å²) in [5.74, 6) is 0.793. The lowest BCUT2D eigenvalue weighted by Crippen LogP contribution is -2.39. The van der Waals surface area contributed by atoms with Crippen molar-refractivity contribution in [2.75, 3.05) is 32.8 Å². The first-order valence-corrected chi connectivity index (χ1v) is 12.8. The molecule has 9 heteroatoms. The average Bonchev–Trinajstić information content (AvgIpc) is 2.88. The van der Waals surface area contributed by atoms with Crippen molar-refractivity contribution in [3.8, 4) is 5.75 Å². The summed E-state index contributed by atoms with van der Waals surface area (Å²) >= 11 is 11.1. The lowest BCUT2D eigenvalue weighted by Gasteiger charge is -2.22. The SMILES string of the molecule is CCOc1ccc(C(=NNC(=S)N(CC)CC)C(=NNC(=S)N(CC)CC)c2ccccc2)cc1. The Morgan fingerprint density at radius 3 is 1.51 bits per heavy atom. The molecule has 7 nitrogen and oxygen atoms in total. The molecule has 2 aromatic rings. The predicted octanol–water partition coefficient (Wildman–Crippen LogP) is 4.63. The molecule has 0 aromatic heterocycles. The molecular formula is C26H36N6OS2. The van der Waals surface area contributed by atoms with Crippen LogP contribution in [0.15, 0.2) is 64.8 Å². The first-order chi connectivity index (χ1) is 17.0. The van der Waals surface area contributed by atoms with Gasteiger partial charge in [-0.05, 0) is 83.3 Å². The number of hydrogen-bond acceptors (Lipinski definition) is 5. The van der Waals surface area contributed by atoms with E-state index in [9.17, 15) is 0 Å². The van der Waals surface area contributed by atoms with Crippen molar-refractivity contribution >= 4 is 46.1 Å². The summed E-state index contributed by atoms with van der Waals surface area (Å²) in [6.45, 7) is 14.0. The van der Waals surface area contributed by atoms with E-state index in [1.165, 1.54) is 0 Å². The van der Waals surface area contributed by atoms with Gasteiger partial charge in [0.25, 0.3) is 0 Å². The van der Waals surface area contributed by atoms with E-state index in [2.05, 4.69) is 38.5 Å². The molecule has 0 radical (unpaired) electrons. The third-order valence-electron chi connectivity index (χ3n) is 5.34. The van der Waals surface area contributed by atoms with Crippen LogP contribution in [0.3, 0.4) is 0 Å². The Labute approximate surface area is 220 Å². The van der Waals surface area contributed by atoms with Gasteiger partial charge in [-0.25, -0.2) is 0 Å². The summed E-state index contributed by atoms with van der Waals surface area (Å²) in [5, 5.41) is 10.6. The van der Waals surface area contributed by atoms with Crippen LogP contribution in [0.25, 0.3) is 0 Å². The quantitative estimate of drug-likeness (QED) is 0.259. The van der Waals surface area contributed by atoms with Crippen molar-refractivity contribution < 1.29 is 4.74 Å². The predicted molar refractivity (Wildman–Crippen MR) is 154 cm³/mol. The average molecular weight is 513 g/mol. The zero-order valence-electron chi connectivity index (χ0n) is 21.2. The van der Waals surface area contributed by atoms with Gasteiger partial charge in [-0.1, -0.05) is 30.3 Å². The van der Waals surface area contributed by atoms with Gasteiger partial charge in [0.2, 0.25) is 0 Å². The smallest absolute Gasteiger partial charge is 0.189 e. The highest BCUT2D eigenvalue weighted by Crippen LogP contribution is 2.16. The van der Waals surface area contributed by atoms with Crippen LogP contribution < -0.4 is 15.6 Å². The zero-order chi connectivity index (χ0) is 25.6. The summed E-state index contributed by atoms with van der Waals surface area (Å²) in [4.78, 5) is 4.06. The molecule has 188 valence electrons. The van der Waals surface area contributed by atoms with Crippen LogP contribution >= 0.6 is 24.4 Å². The maximum atomic E-state index is 5.63. The first kappa shape index (κ1) is 28.2. The Hall–Kier alpha value is -3.04. The normalized spacial score (nSPS) is 11.6. The number of hydrazone groups is 2. The number of ether oxygens (including phenoxy) is 1. The van der Waals surface area contributed by atoms with Crippen molar-refractivity contribution in [1.29, 1.82) is 0 Å². The van der Waals surface area contributed by atoms with Crippen LogP contribution in [0, 0.1) is 0 Å². The van der Waals surface area contributed by atoms with E-state index in [0.29, 0.717) is 28.3 Å². The lowest BCUT2D eigenvalue weighted by molar-refractivity contribution is 0.340. The van der Waals surface area contributed by atoms with E-state index in [4.69, 9.17) is 39.4 Å². The number of hydrogen-bond donors (Lipinski definition) is 2. The van der Waals surface area contributed by atoms with Crippen molar-refractivity contribution in [3.63, 3.8) is 0 Å². The van der Waals surface area contributed by atoms with E-state index < -0.39 is 0 Å². The monoisotopic (exact) mass is 512 g/mol. The molecule has 2 aromatic carbocycles. The van der Waals surface area contributed by atoms with Gasteiger partial charge in [0, 0.05) is 37.3 Å². The summed E-state index contributed by atoms with van der Waals surface area (Å²) in [6.07, 6.45) is 0. The standard InChI is InChI=1S/C26H36N6OS2/c1-6-31(7-2)25(34)29-27-23(20-14-12-11-13-15-20)24(28-30-26(35)32(8-3)9-4)21-16-18-22(19-17-21)33-10-5/h11-19H,6-10H2,1-5H3,(H,29,34)(H,30,35). The minimum Gasteiger partial charge on any atom is -0.494 e. The molecule has 0 spiro atoms. The fourth-order valence-electron chi connectivity index (χ4n) is 3.35. The zero-order valence-corrected chi connectivity index (χ0v) is 22.9. The van der Waals surface area contributed by atoms with Crippen LogP contribution in [0.5, 0.6) is 5.75 Å². The number of nitrogens with zero attached hydrogens (tertiary/aromatic N) is 4. The summed E-state index contributed by atoms with van der Waals surface area (Å²) in [7, 11) is 0. The molecule has 0 atom stereocenters. The molecule has 35 heavy (non-hydrogen) atoms. The molecule has 0 heterocycles. The molecule has 0 bridgehead atoms. The minimum absolute atomic E-state index is 0.553. The molecule has 0 aliphatic heterocycles. The third-order valence-corrected chi connectivity index (χ3v) is 6.04. The second kappa shape index (κ2) is 15.1. The molecule has 0 saturated carbocycles. The Morgan fingerprint density at radius 1 is 0.686 bits per heavy atom. The maximum Gasteiger partial charge on any atom is 0.189 e. The molecule has 0 fully saturated rings. The summed E-state index contributed by atoms with van der Waals surface area (Å²) in [6, 6.07) is 17.7. The van der Waals surface area contributed by atoms with Crippen LogP contribution in [0.4, 0.5) is 0 Å². The Bertz CT molecular complexity index is 1000. The first-order valence-electron chi connectivity index (χ1n) is 12.0. The molecular weight excluding hydrogens is 476 g/mol. The van der Waals surface area contributed by atoms with Crippen molar-refractivity contribution in [3.05, 3.63) is 65.7 Å². The topological polar surface area (TPSA) is 64.5 Å². The van der Waals surface area contributed by atoms with Crippen molar-refractivity contribution in [2.24, 2.45) is 10.2 Å². The largest absolute Gasteiger partial charge is 0.494 e. The molecule has 0 saturated heterocycles. The van der Waals surface area contributed by atoms with Gasteiger partial charge in [-0.2, -0.15) is 10.2 Å². The van der Waals surface area contributed by atoms with Gasteiger partial charge < -0.3 is 14.5 Å². The Kier molecular flexibility index (Phi) is 12.1. The fourth-order valence-corrected chi connectivity index (χ4v) is 3.96. The molecule has 0 amide bonds. The van der Waals surface area contributed by atoms with Crippen molar-refractivity contribution in [1.82, 2.24) is 20.7 Å². The van der Waals surface area contributed by atoms with Gasteiger partial charge in [-0.3, -0.25) is 10.9 Å². The van der Waals surface area contributed by atoms with Gasteiger partial charge >= 0.3 is 0 Å². The van der Waals surface area contributed by atoms with E-state index in [-0.39, 0.29) is 0 Å². The highest BCUT2D eigenvalue weighted by Gasteiger charge is 2.17. The second-order valence-corrected chi connectivity index (χ2v) is 8.20. The van der Waals surface area contributed by atoms with E-state index in [1.54, 1.807) is 0 Å². The molecule has 0 aliphatic rings. The Balaban J connectivity index is 2.57. The minimum atomic E-state index is 0.553. The molecule has 0 aliphatic carbocycles. The number of thiocarbonyl (C=S) groups is 2. The van der Waals surface area contributed by atoms with E-state index in [0.717, 1.165) is 43.1 Å². The summed E-state index contributed by atoms with van der Waals surface area (Å²) < 4.78 is 5.63. The highest BCUT2D eigenvalue weighted by molar-refractivity contribution is 7.80. The summed E-state index contributed by atoms with van der Waals surface area (Å²) in [5.41, 5.74) is 9.16. The molecule has 2 rings (SSSR count). The van der Waals surface area contributed by atoms with E-state index in [1.807, 2.05) is 71.3 Å². The second-order valence-electron chi connectivity index (χ2n) is 7.42. The number of nitrogens with one attached hydrogen (secondary N) is 2. The van der Waals surface area contributed by atoms with Gasteiger partial charge in [0.1, 0.15) is 17.2 Å². The van der Waals surface area contributed by atoms with Crippen LogP contribution in [0.1, 0.15) is 45.7 Å². The van der Waals surface area contributed by atoms with Gasteiger partial charge in [0.05, 0.1) is 6.61 Å². The highest BCUT2D eigenvalue weighted by atomic mass is 32.1. The number of rotatable bonds is 11. The van der Waals surface area contributed by atoms with Gasteiger partial charge in [-0.15, -0.1) is 0 Å². The van der Waals surface area contributed by atoms with Crippen LogP contribution in [-0.2, 0) is 0 Å². The maximum absolute atomic E-state index is 5.63. The van der Waals surface area contributed by atoms with Crippen LogP contribution in [0.2, 0.25) is 0 Å². The van der Waals surface area contributed by atoms with Crippen molar-refractivity contribution in [2.45, 2.75) is 34.6 Å². The third kappa shape index (κ3) is 8.29. The number of benzene rings is 2. The molecule has 0 unspecified atom stereocenters. The van der Waals surface area contributed by atoms with Crippen LogP contribution in [-0.4, -0.2) is 64.2 Å².